The fourth-order valence-corrected chi connectivity index (χ4v) is 6.05. The summed E-state index contributed by atoms with van der Waals surface area (Å²) in [5, 5.41) is 11.7. The Balaban J connectivity index is 1.36. The topological polar surface area (TPSA) is 124 Å². The van der Waals surface area contributed by atoms with Gasteiger partial charge in [0.2, 0.25) is 22.7 Å². The number of ether oxygens (including phenoxy) is 2. The third kappa shape index (κ3) is 5.92. The van der Waals surface area contributed by atoms with E-state index in [0.29, 0.717) is 28.2 Å². The number of nitrogens with zero attached hydrogens (tertiary/aromatic N) is 3. The highest BCUT2D eigenvalue weighted by atomic mass is 32.2. The van der Waals surface area contributed by atoms with Crippen molar-refractivity contribution in [1.29, 1.82) is 0 Å². The fraction of sp³-hybridized carbons (Fsp3) is 0.222. The van der Waals surface area contributed by atoms with Crippen molar-refractivity contribution in [1.82, 2.24) is 19.5 Å². The van der Waals surface area contributed by atoms with Gasteiger partial charge in [-0.25, -0.2) is 13.1 Å². The van der Waals surface area contributed by atoms with Crippen LogP contribution < -0.4 is 19.5 Å². The number of amides is 1. The van der Waals surface area contributed by atoms with E-state index in [2.05, 4.69) is 20.2 Å². The number of thioether (sulfide) groups is 1. The van der Waals surface area contributed by atoms with Gasteiger partial charge in [0.15, 0.2) is 22.5 Å². The standard InChI is InChI=1S/C27H27N5O5S2/c1-17(2)31-39(34,35)22-12-10-20(11-13-22)28-26(33)18(3)38-27-30-29-25(32(27)21-7-5-4-6-8-21)19-9-14-23-24(15-19)37-16-36-23/h4-15,17-18,31H,16H2,1-3H3,(H,28,33). The third-order valence-electron chi connectivity index (χ3n) is 5.75. The first-order valence-corrected chi connectivity index (χ1v) is 14.6. The summed E-state index contributed by atoms with van der Waals surface area (Å²) < 4.78 is 40.1. The molecule has 1 aromatic heterocycles. The van der Waals surface area contributed by atoms with Crippen molar-refractivity contribution in [2.45, 2.75) is 42.1 Å². The second kappa shape index (κ2) is 11.1. The second-order valence-electron chi connectivity index (χ2n) is 9.09. The molecule has 1 atom stereocenters. The highest BCUT2D eigenvalue weighted by molar-refractivity contribution is 8.00. The van der Waals surface area contributed by atoms with Crippen LogP contribution in [0.5, 0.6) is 11.5 Å². The molecule has 2 heterocycles. The molecule has 0 bridgehead atoms. The molecule has 2 N–H and O–H groups in total. The number of hydrogen-bond acceptors (Lipinski definition) is 8. The monoisotopic (exact) mass is 565 g/mol. The van der Waals surface area contributed by atoms with Gasteiger partial charge in [-0.3, -0.25) is 9.36 Å². The zero-order chi connectivity index (χ0) is 27.6. The quantitative estimate of drug-likeness (QED) is 0.285. The molecule has 3 aromatic carbocycles. The normalized spacial score (nSPS) is 13.4. The van der Waals surface area contributed by atoms with E-state index in [4.69, 9.17) is 9.47 Å². The smallest absolute Gasteiger partial charge is 0.240 e. The highest BCUT2D eigenvalue weighted by Gasteiger charge is 2.24. The van der Waals surface area contributed by atoms with Gasteiger partial charge >= 0.3 is 0 Å². The van der Waals surface area contributed by atoms with Crippen LogP contribution in [0.2, 0.25) is 0 Å². The van der Waals surface area contributed by atoms with Crippen LogP contribution in [0.1, 0.15) is 20.8 Å². The lowest BCUT2D eigenvalue weighted by molar-refractivity contribution is -0.115. The van der Waals surface area contributed by atoms with Gasteiger partial charge in [0.1, 0.15) is 0 Å². The Morgan fingerprint density at radius 1 is 0.949 bits per heavy atom. The van der Waals surface area contributed by atoms with Crippen LogP contribution in [-0.4, -0.2) is 47.2 Å². The summed E-state index contributed by atoms with van der Waals surface area (Å²) in [5.74, 6) is 1.65. The minimum absolute atomic E-state index is 0.128. The van der Waals surface area contributed by atoms with Crippen molar-refractivity contribution in [3.8, 4) is 28.6 Å². The number of fused-ring (bicyclic) bond motifs is 1. The molecule has 0 spiro atoms. The lowest BCUT2D eigenvalue weighted by Gasteiger charge is -2.14. The molecule has 1 amide bonds. The summed E-state index contributed by atoms with van der Waals surface area (Å²) in [4.78, 5) is 13.2. The van der Waals surface area contributed by atoms with Crippen LogP contribution in [0.4, 0.5) is 5.69 Å². The summed E-state index contributed by atoms with van der Waals surface area (Å²) in [5.41, 5.74) is 2.13. The number of carbonyl (C=O) groups excluding carboxylic acids is 1. The first kappa shape index (κ1) is 26.7. The van der Waals surface area contributed by atoms with Crippen LogP contribution in [0.15, 0.2) is 82.8 Å². The van der Waals surface area contributed by atoms with E-state index >= 15 is 0 Å². The van der Waals surface area contributed by atoms with E-state index in [1.165, 1.54) is 23.9 Å². The maximum atomic E-state index is 13.0. The Kier molecular flexibility index (Phi) is 7.60. The third-order valence-corrected chi connectivity index (χ3v) is 8.47. The van der Waals surface area contributed by atoms with Gasteiger partial charge in [0.25, 0.3) is 0 Å². The Labute approximate surface area is 230 Å². The van der Waals surface area contributed by atoms with Crippen molar-refractivity contribution >= 4 is 33.4 Å². The van der Waals surface area contributed by atoms with E-state index in [1.807, 2.05) is 53.1 Å². The van der Waals surface area contributed by atoms with Gasteiger partial charge in [0.05, 0.1) is 10.1 Å². The maximum Gasteiger partial charge on any atom is 0.240 e. The van der Waals surface area contributed by atoms with Gasteiger partial charge in [0, 0.05) is 23.0 Å². The summed E-state index contributed by atoms with van der Waals surface area (Å²) in [6.45, 7) is 5.45. The molecule has 1 aliphatic heterocycles. The van der Waals surface area contributed by atoms with Crippen molar-refractivity contribution in [2.75, 3.05) is 12.1 Å². The molecule has 0 radical (unpaired) electrons. The van der Waals surface area contributed by atoms with Gasteiger partial charge in [-0.15, -0.1) is 10.2 Å². The molecular formula is C27H27N5O5S2. The van der Waals surface area contributed by atoms with Crippen molar-refractivity contribution in [3.63, 3.8) is 0 Å². The molecule has 202 valence electrons. The zero-order valence-electron chi connectivity index (χ0n) is 21.5. The molecule has 10 nitrogen and oxygen atoms in total. The molecule has 0 fully saturated rings. The number of sulfonamides is 1. The predicted molar refractivity (Wildman–Crippen MR) is 149 cm³/mol. The SMILES string of the molecule is CC(C)NS(=O)(=O)c1ccc(NC(=O)C(C)Sc2nnc(-c3ccc4c(c3)OCO4)n2-c2ccccc2)cc1. The molecular weight excluding hydrogens is 538 g/mol. The van der Waals surface area contributed by atoms with Crippen molar-refractivity contribution < 1.29 is 22.7 Å². The number of carbonyl (C=O) groups is 1. The fourth-order valence-electron chi connectivity index (χ4n) is 3.93. The first-order chi connectivity index (χ1) is 18.7. The van der Waals surface area contributed by atoms with Gasteiger partial charge in [-0.2, -0.15) is 0 Å². The molecule has 12 heteroatoms. The van der Waals surface area contributed by atoms with Crippen molar-refractivity contribution in [2.24, 2.45) is 0 Å². The molecule has 0 saturated carbocycles. The Morgan fingerprint density at radius 2 is 1.67 bits per heavy atom. The number of rotatable bonds is 9. The van der Waals surface area contributed by atoms with E-state index < -0.39 is 15.3 Å². The highest BCUT2D eigenvalue weighted by Crippen LogP contribution is 2.37. The van der Waals surface area contributed by atoms with Crippen LogP contribution in [0, 0.1) is 0 Å². The number of benzene rings is 3. The minimum Gasteiger partial charge on any atom is -0.454 e. The zero-order valence-corrected chi connectivity index (χ0v) is 23.1. The molecule has 0 aliphatic carbocycles. The van der Waals surface area contributed by atoms with E-state index in [-0.39, 0.29) is 23.6 Å². The van der Waals surface area contributed by atoms with Crippen molar-refractivity contribution in [3.05, 3.63) is 72.8 Å². The molecule has 39 heavy (non-hydrogen) atoms. The van der Waals surface area contributed by atoms with Gasteiger partial charge in [-0.05, 0) is 75.4 Å². The van der Waals surface area contributed by atoms with Gasteiger partial charge in [-0.1, -0.05) is 30.0 Å². The first-order valence-electron chi connectivity index (χ1n) is 12.2. The molecule has 4 aromatic rings. The summed E-state index contributed by atoms with van der Waals surface area (Å²) >= 11 is 1.26. The van der Waals surface area contributed by atoms with Crippen LogP contribution in [0.25, 0.3) is 17.1 Å². The maximum absolute atomic E-state index is 13.0. The number of para-hydroxylation sites is 1. The minimum atomic E-state index is -3.62. The van der Waals surface area contributed by atoms with Crippen LogP contribution in [0.3, 0.4) is 0 Å². The Hall–Kier alpha value is -3.87. The molecule has 1 unspecified atom stereocenters. The summed E-state index contributed by atoms with van der Waals surface area (Å²) in [7, 11) is -3.62. The van der Waals surface area contributed by atoms with Crippen LogP contribution >= 0.6 is 11.8 Å². The number of anilines is 1. The number of nitrogens with one attached hydrogen (secondary N) is 2. The Bertz CT molecular complexity index is 1590. The van der Waals surface area contributed by atoms with E-state index in [1.54, 1.807) is 32.9 Å². The predicted octanol–water partition coefficient (Wildman–Crippen LogP) is 4.47. The van der Waals surface area contributed by atoms with Crippen LogP contribution in [-0.2, 0) is 14.8 Å². The second-order valence-corrected chi connectivity index (χ2v) is 12.1. The number of aromatic nitrogens is 3. The molecule has 5 rings (SSSR count). The summed E-state index contributed by atoms with van der Waals surface area (Å²) in [6, 6.07) is 21.1. The van der Waals surface area contributed by atoms with Gasteiger partial charge < -0.3 is 14.8 Å². The summed E-state index contributed by atoms with van der Waals surface area (Å²) in [6.07, 6.45) is 0. The Morgan fingerprint density at radius 3 is 2.38 bits per heavy atom. The number of hydrogen-bond donors (Lipinski definition) is 2. The lowest BCUT2D eigenvalue weighted by atomic mass is 10.2. The average molecular weight is 566 g/mol. The lowest BCUT2D eigenvalue weighted by Crippen LogP contribution is -2.30. The molecule has 1 aliphatic rings. The molecule has 0 saturated heterocycles. The largest absolute Gasteiger partial charge is 0.454 e. The van der Waals surface area contributed by atoms with E-state index in [9.17, 15) is 13.2 Å². The average Bonchev–Trinajstić information content (AvgIpc) is 3.55. The van der Waals surface area contributed by atoms with E-state index in [0.717, 1.165) is 11.3 Å².